The lowest BCUT2D eigenvalue weighted by Gasteiger charge is -2.12. The van der Waals surface area contributed by atoms with E-state index in [1.54, 1.807) is 0 Å². The highest BCUT2D eigenvalue weighted by Gasteiger charge is 2.23. The molecule has 0 saturated heterocycles. The van der Waals surface area contributed by atoms with Gasteiger partial charge in [-0.3, -0.25) is 4.79 Å². The van der Waals surface area contributed by atoms with E-state index in [0.717, 1.165) is 0 Å². The Morgan fingerprint density at radius 1 is 1.30 bits per heavy atom. The molecule has 108 valence electrons. The summed E-state index contributed by atoms with van der Waals surface area (Å²) in [6.45, 7) is 1.22. The Morgan fingerprint density at radius 2 is 1.95 bits per heavy atom. The first-order valence-electron chi connectivity index (χ1n) is 5.54. The highest BCUT2D eigenvalue weighted by atomic mass is 32.1. The third-order valence-electron chi connectivity index (χ3n) is 2.17. The molecule has 0 unspecified atom stereocenters. The average molecular weight is 299 g/mol. The second-order valence-electron chi connectivity index (χ2n) is 3.73. The first-order chi connectivity index (χ1) is 9.45. The van der Waals surface area contributed by atoms with Crippen molar-refractivity contribution in [2.24, 2.45) is 0 Å². The fourth-order valence-corrected chi connectivity index (χ4v) is 1.49. The number of aromatic hydroxyl groups is 1. The van der Waals surface area contributed by atoms with Crippen LogP contribution in [0.2, 0.25) is 0 Å². The summed E-state index contributed by atoms with van der Waals surface area (Å²) in [6, 6.07) is 4.58. The summed E-state index contributed by atoms with van der Waals surface area (Å²) in [4.78, 5) is 42.5. The van der Waals surface area contributed by atoms with E-state index in [0.29, 0.717) is 0 Å². The molecule has 0 bridgehead atoms. The normalized spacial score (nSPS) is 11.3. The second kappa shape index (κ2) is 7.39. The monoisotopic (exact) mass is 299 g/mol. The quantitative estimate of drug-likeness (QED) is 0.424. The molecule has 0 radical (unpaired) electrons. The predicted molar refractivity (Wildman–Crippen MR) is 71.1 cm³/mol. The lowest BCUT2D eigenvalue weighted by atomic mass is 10.2. The lowest BCUT2D eigenvalue weighted by molar-refractivity contribution is -0.235. The van der Waals surface area contributed by atoms with Gasteiger partial charge in [0.1, 0.15) is 17.4 Å². The van der Waals surface area contributed by atoms with Crippen molar-refractivity contribution in [3.63, 3.8) is 0 Å². The van der Waals surface area contributed by atoms with E-state index in [2.05, 4.69) is 27.7 Å². The van der Waals surface area contributed by atoms with Crippen LogP contribution in [0.4, 0.5) is 0 Å². The first kappa shape index (κ1) is 15.8. The molecule has 7 nitrogen and oxygen atoms in total. The first-order valence-corrected chi connectivity index (χ1v) is 6.17. The second-order valence-corrected chi connectivity index (χ2v) is 4.09. The lowest BCUT2D eigenvalue weighted by Crippen LogP contribution is -2.42. The molecule has 1 rings (SSSR count). The molecule has 1 aromatic carbocycles. The molecule has 1 amide bonds. The predicted octanol–water partition coefficient (Wildman–Crippen LogP) is 0.442. The van der Waals surface area contributed by atoms with Crippen LogP contribution >= 0.6 is 12.6 Å². The van der Waals surface area contributed by atoms with Gasteiger partial charge in [-0.25, -0.2) is 19.4 Å². The van der Waals surface area contributed by atoms with Gasteiger partial charge < -0.3 is 10.4 Å². The van der Waals surface area contributed by atoms with Gasteiger partial charge in [0.25, 0.3) is 0 Å². The largest absolute Gasteiger partial charge is 0.507 e. The Balaban J connectivity index is 2.58. The van der Waals surface area contributed by atoms with Gasteiger partial charge in [-0.05, 0) is 12.1 Å². The number of nitrogens with one attached hydrogen (secondary N) is 1. The van der Waals surface area contributed by atoms with Gasteiger partial charge in [0.05, 0.1) is 0 Å². The number of amides is 1. The Labute approximate surface area is 120 Å². The van der Waals surface area contributed by atoms with Crippen molar-refractivity contribution in [1.29, 1.82) is 0 Å². The molecular weight excluding hydrogens is 286 g/mol. The van der Waals surface area contributed by atoms with E-state index in [9.17, 15) is 19.5 Å². The number of phenols is 1. The van der Waals surface area contributed by atoms with Crippen molar-refractivity contribution < 1.29 is 29.3 Å². The number of carbonyl (C=O) groups excluding carboxylic acids is 3. The van der Waals surface area contributed by atoms with Crippen molar-refractivity contribution in [3.8, 4) is 5.75 Å². The van der Waals surface area contributed by atoms with Crippen LogP contribution in [0.5, 0.6) is 5.75 Å². The zero-order valence-electron chi connectivity index (χ0n) is 10.5. The van der Waals surface area contributed by atoms with Crippen LogP contribution < -0.4 is 5.32 Å². The minimum Gasteiger partial charge on any atom is -0.507 e. The zero-order chi connectivity index (χ0) is 15.1. The molecule has 0 aliphatic heterocycles. The third-order valence-corrected chi connectivity index (χ3v) is 2.53. The number of para-hydroxylation sites is 1. The number of rotatable bonds is 4. The molecule has 0 heterocycles. The van der Waals surface area contributed by atoms with Gasteiger partial charge >= 0.3 is 11.9 Å². The van der Waals surface area contributed by atoms with Crippen molar-refractivity contribution in [3.05, 3.63) is 29.8 Å². The SMILES string of the molecule is CC(=O)N[C@@H](CS)C(=O)OOC(=O)c1ccccc1O. The van der Waals surface area contributed by atoms with E-state index in [1.807, 2.05) is 0 Å². The van der Waals surface area contributed by atoms with Crippen LogP contribution in [-0.4, -0.2) is 34.7 Å². The molecule has 0 aromatic heterocycles. The minimum atomic E-state index is -1.03. The van der Waals surface area contributed by atoms with Gasteiger partial charge in [-0.1, -0.05) is 12.1 Å². The molecule has 20 heavy (non-hydrogen) atoms. The van der Waals surface area contributed by atoms with E-state index in [4.69, 9.17) is 0 Å². The van der Waals surface area contributed by atoms with Gasteiger partial charge in [0.15, 0.2) is 0 Å². The van der Waals surface area contributed by atoms with E-state index in [-0.39, 0.29) is 17.1 Å². The van der Waals surface area contributed by atoms with E-state index >= 15 is 0 Å². The smallest absolute Gasteiger partial charge is 0.390 e. The Kier molecular flexibility index (Phi) is 5.85. The summed E-state index contributed by atoms with van der Waals surface area (Å²) in [5.74, 6) is -2.78. The zero-order valence-corrected chi connectivity index (χ0v) is 11.4. The maximum Gasteiger partial charge on any atom is 0.390 e. The molecule has 0 spiro atoms. The molecule has 0 fully saturated rings. The maximum atomic E-state index is 11.5. The van der Waals surface area contributed by atoms with Gasteiger partial charge in [-0.15, -0.1) is 0 Å². The molecular formula is C12H13NO6S. The van der Waals surface area contributed by atoms with Gasteiger partial charge in [0, 0.05) is 12.7 Å². The highest BCUT2D eigenvalue weighted by Crippen LogP contribution is 2.16. The Hall–Kier alpha value is -2.22. The number of thiol groups is 1. The molecule has 1 atom stereocenters. The summed E-state index contributed by atoms with van der Waals surface area (Å²) < 4.78 is 0. The fourth-order valence-electron chi connectivity index (χ4n) is 1.25. The van der Waals surface area contributed by atoms with Crippen molar-refractivity contribution in [2.75, 3.05) is 5.75 Å². The molecule has 2 N–H and O–H groups in total. The molecule has 0 aliphatic carbocycles. The Morgan fingerprint density at radius 3 is 2.50 bits per heavy atom. The van der Waals surface area contributed by atoms with Crippen LogP contribution in [-0.2, 0) is 19.4 Å². The van der Waals surface area contributed by atoms with Crippen LogP contribution in [0.3, 0.4) is 0 Å². The fraction of sp³-hybridized carbons (Fsp3) is 0.250. The van der Waals surface area contributed by atoms with Crippen LogP contribution in [0.1, 0.15) is 17.3 Å². The maximum absolute atomic E-state index is 11.5. The number of benzene rings is 1. The number of carbonyl (C=O) groups is 3. The van der Waals surface area contributed by atoms with Crippen molar-refractivity contribution in [1.82, 2.24) is 5.32 Å². The Bertz CT molecular complexity index is 518. The summed E-state index contributed by atoms with van der Waals surface area (Å²) in [5.41, 5.74) is -0.151. The molecule has 8 heteroatoms. The summed E-state index contributed by atoms with van der Waals surface area (Å²) in [7, 11) is 0. The van der Waals surface area contributed by atoms with Gasteiger partial charge in [0.2, 0.25) is 5.91 Å². The van der Waals surface area contributed by atoms with Crippen molar-refractivity contribution >= 4 is 30.5 Å². The summed E-state index contributed by atoms with van der Waals surface area (Å²) in [6.07, 6.45) is 0. The summed E-state index contributed by atoms with van der Waals surface area (Å²) in [5, 5.41) is 11.7. The standard InChI is InChI=1S/C12H13NO6S/c1-7(14)13-9(6-20)12(17)19-18-11(16)8-4-2-3-5-10(8)15/h2-5,9,15,20H,6H2,1H3,(H,13,14)/t9-/m0/s1. The van der Waals surface area contributed by atoms with Crippen LogP contribution in [0.15, 0.2) is 24.3 Å². The van der Waals surface area contributed by atoms with Crippen LogP contribution in [0, 0.1) is 0 Å². The number of hydrogen-bond acceptors (Lipinski definition) is 7. The molecule has 0 saturated carbocycles. The van der Waals surface area contributed by atoms with Crippen LogP contribution in [0.25, 0.3) is 0 Å². The van der Waals surface area contributed by atoms with Gasteiger partial charge in [-0.2, -0.15) is 12.6 Å². The molecule has 0 aliphatic rings. The van der Waals surface area contributed by atoms with E-state index < -0.39 is 23.9 Å². The minimum absolute atomic E-state index is 0.0213. The highest BCUT2D eigenvalue weighted by molar-refractivity contribution is 7.80. The van der Waals surface area contributed by atoms with E-state index in [1.165, 1.54) is 31.2 Å². The summed E-state index contributed by atoms with van der Waals surface area (Å²) >= 11 is 3.86. The van der Waals surface area contributed by atoms with Crippen molar-refractivity contribution in [2.45, 2.75) is 13.0 Å². The topological polar surface area (TPSA) is 102 Å². The number of hydrogen-bond donors (Lipinski definition) is 3. The third kappa shape index (κ3) is 4.47. The number of phenolic OH excluding ortho intramolecular Hbond substituents is 1. The average Bonchev–Trinajstić information content (AvgIpc) is 2.42. The molecule has 1 aromatic rings.